The van der Waals surface area contributed by atoms with Gasteiger partial charge < -0.3 is 9.32 Å². The van der Waals surface area contributed by atoms with Crippen molar-refractivity contribution < 1.29 is 9.21 Å². The number of oxazole rings is 1. The molecule has 0 radical (unpaired) electrons. The monoisotopic (exact) mass is 366 g/mol. The molecule has 1 fully saturated rings. The van der Waals surface area contributed by atoms with Crippen molar-refractivity contribution in [3.8, 4) is 0 Å². The number of likely N-dealkylation sites (tertiary alicyclic amines) is 1. The third kappa shape index (κ3) is 3.49. The Labute approximate surface area is 157 Å². The van der Waals surface area contributed by atoms with Gasteiger partial charge in [-0.15, -0.1) is 0 Å². The van der Waals surface area contributed by atoms with Gasteiger partial charge in [0.15, 0.2) is 5.58 Å². The van der Waals surface area contributed by atoms with Crippen molar-refractivity contribution in [3.63, 3.8) is 0 Å². The molecule has 0 aliphatic carbocycles. The van der Waals surface area contributed by atoms with Gasteiger partial charge in [-0.1, -0.05) is 42.1 Å². The van der Waals surface area contributed by atoms with E-state index in [0.29, 0.717) is 17.0 Å². The highest BCUT2D eigenvalue weighted by Gasteiger charge is 2.25. The number of rotatable bonds is 4. The van der Waals surface area contributed by atoms with E-state index in [9.17, 15) is 4.79 Å². The second-order valence-electron chi connectivity index (χ2n) is 6.74. The van der Waals surface area contributed by atoms with Crippen LogP contribution in [0.2, 0.25) is 0 Å². The third-order valence-electron chi connectivity index (χ3n) is 4.94. The number of hydrogen-bond acceptors (Lipinski definition) is 4. The number of benzene rings is 2. The number of piperidine rings is 1. The summed E-state index contributed by atoms with van der Waals surface area (Å²) in [6.45, 7) is 3.00. The molecule has 1 unspecified atom stereocenters. The molecule has 0 saturated carbocycles. The molecule has 1 aliphatic heterocycles. The molecule has 2 heterocycles. The first kappa shape index (κ1) is 17.2. The van der Waals surface area contributed by atoms with Gasteiger partial charge >= 0.3 is 0 Å². The largest absolute Gasteiger partial charge is 0.431 e. The Morgan fingerprint density at radius 1 is 1.19 bits per heavy atom. The molecular weight excluding hydrogens is 344 g/mol. The minimum Gasteiger partial charge on any atom is -0.431 e. The molecule has 0 N–H and O–H groups in total. The maximum Gasteiger partial charge on any atom is 0.257 e. The van der Waals surface area contributed by atoms with Crippen LogP contribution < -0.4 is 0 Å². The van der Waals surface area contributed by atoms with Crippen LogP contribution in [-0.2, 0) is 5.75 Å². The average molecular weight is 366 g/mol. The fraction of sp³-hybridized carbons (Fsp3) is 0.333. The zero-order chi connectivity index (χ0) is 17.9. The molecule has 134 valence electrons. The lowest BCUT2D eigenvalue weighted by atomic mass is 10.0. The van der Waals surface area contributed by atoms with Crippen molar-refractivity contribution in [2.45, 2.75) is 43.2 Å². The number of fused-ring (bicyclic) bond motifs is 1. The molecule has 1 saturated heterocycles. The second-order valence-corrected chi connectivity index (χ2v) is 7.66. The van der Waals surface area contributed by atoms with Gasteiger partial charge in [-0.25, -0.2) is 4.98 Å². The highest BCUT2D eigenvalue weighted by Crippen LogP contribution is 2.28. The van der Waals surface area contributed by atoms with Crippen LogP contribution in [0.3, 0.4) is 0 Å². The van der Waals surface area contributed by atoms with E-state index in [0.717, 1.165) is 41.6 Å². The molecule has 1 amide bonds. The predicted molar refractivity (Wildman–Crippen MR) is 104 cm³/mol. The van der Waals surface area contributed by atoms with E-state index in [1.54, 1.807) is 0 Å². The Morgan fingerprint density at radius 3 is 2.85 bits per heavy atom. The van der Waals surface area contributed by atoms with Crippen LogP contribution in [-0.4, -0.2) is 28.4 Å². The fourth-order valence-electron chi connectivity index (χ4n) is 3.46. The number of carbonyl (C=O) groups is 1. The molecule has 1 aliphatic rings. The Bertz CT molecular complexity index is 888. The van der Waals surface area contributed by atoms with Crippen LogP contribution in [0.5, 0.6) is 0 Å². The van der Waals surface area contributed by atoms with Gasteiger partial charge in [-0.3, -0.25) is 4.79 Å². The van der Waals surface area contributed by atoms with Gasteiger partial charge in [0.05, 0.1) is 0 Å². The molecule has 1 aromatic heterocycles. The number of carbonyl (C=O) groups excluding carboxylic acids is 1. The van der Waals surface area contributed by atoms with Crippen molar-refractivity contribution in [1.29, 1.82) is 0 Å². The molecule has 0 bridgehead atoms. The highest BCUT2D eigenvalue weighted by molar-refractivity contribution is 7.98. The van der Waals surface area contributed by atoms with E-state index in [1.807, 2.05) is 53.4 Å². The first-order valence-electron chi connectivity index (χ1n) is 9.09. The first-order chi connectivity index (χ1) is 12.7. The molecule has 5 heteroatoms. The Hall–Kier alpha value is -2.27. The van der Waals surface area contributed by atoms with E-state index >= 15 is 0 Å². The maximum absolute atomic E-state index is 13.1. The van der Waals surface area contributed by atoms with Crippen LogP contribution in [0, 0.1) is 0 Å². The van der Waals surface area contributed by atoms with Crippen LogP contribution in [0.25, 0.3) is 11.1 Å². The quantitative estimate of drug-likeness (QED) is 0.600. The van der Waals surface area contributed by atoms with Gasteiger partial charge in [0, 0.05) is 23.9 Å². The minimum atomic E-state index is 0.144. The van der Waals surface area contributed by atoms with Crippen molar-refractivity contribution in [3.05, 3.63) is 59.7 Å². The number of thioether (sulfide) groups is 1. The molecule has 4 nitrogen and oxygen atoms in total. The standard InChI is InChI=1S/C21H22N2O2S/c1-15-8-6-7-13-23(15)20(24)17-10-3-2-9-16(17)14-26-21-22-18-11-4-5-12-19(18)25-21/h2-5,9-12,15H,6-8,13-14H2,1H3. The Kier molecular flexibility index (Phi) is 4.98. The summed E-state index contributed by atoms with van der Waals surface area (Å²) in [7, 11) is 0. The smallest absolute Gasteiger partial charge is 0.257 e. The zero-order valence-corrected chi connectivity index (χ0v) is 15.7. The summed E-state index contributed by atoms with van der Waals surface area (Å²) in [4.78, 5) is 19.6. The number of nitrogens with zero attached hydrogens (tertiary/aromatic N) is 2. The molecule has 4 rings (SSSR count). The number of amides is 1. The summed E-state index contributed by atoms with van der Waals surface area (Å²) in [5.74, 6) is 0.808. The third-order valence-corrected chi connectivity index (χ3v) is 5.81. The zero-order valence-electron chi connectivity index (χ0n) is 14.9. The predicted octanol–water partition coefficient (Wildman–Crippen LogP) is 5.13. The lowest BCUT2D eigenvalue weighted by molar-refractivity contribution is 0.0635. The summed E-state index contributed by atoms with van der Waals surface area (Å²) in [6.07, 6.45) is 3.39. The number of para-hydroxylation sites is 2. The van der Waals surface area contributed by atoms with E-state index < -0.39 is 0 Å². The van der Waals surface area contributed by atoms with Crippen LogP contribution >= 0.6 is 11.8 Å². The average Bonchev–Trinajstić information content (AvgIpc) is 3.09. The summed E-state index contributed by atoms with van der Waals surface area (Å²) < 4.78 is 5.78. The van der Waals surface area contributed by atoms with E-state index in [4.69, 9.17) is 4.42 Å². The van der Waals surface area contributed by atoms with Crippen LogP contribution in [0.15, 0.2) is 58.2 Å². The second kappa shape index (κ2) is 7.54. The SMILES string of the molecule is CC1CCCCN1C(=O)c1ccccc1CSc1nc2ccccc2o1. The van der Waals surface area contributed by atoms with E-state index in [-0.39, 0.29) is 5.91 Å². The van der Waals surface area contributed by atoms with Gasteiger partial charge in [0.2, 0.25) is 0 Å². The fourth-order valence-corrected chi connectivity index (χ4v) is 4.30. The van der Waals surface area contributed by atoms with Crippen molar-refractivity contribution in [1.82, 2.24) is 9.88 Å². The summed E-state index contributed by atoms with van der Waals surface area (Å²) in [6, 6.07) is 16.0. The molecule has 0 spiro atoms. The molecule has 2 aromatic carbocycles. The lowest BCUT2D eigenvalue weighted by Crippen LogP contribution is -2.42. The topological polar surface area (TPSA) is 46.3 Å². The van der Waals surface area contributed by atoms with Crippen molar-refractivity contribution in [2.75, 3.05) is 6.54 Å². The normalized spacial score (nSPS) is 17.6. The molecule has 26 heavy (non-hydrogen) atoms. The summed E-state index contributed by atoms with van der Waals surface area (Å²) in [5, 5.41) is 0.639. The van der Waals surface area contributed by atoms with Gasteiger partial charge in [0.25, 0.3) is 11.1 Å². The van der Waals surface area contributed by atoms with E-state index in [1.165, 1.54) is 18.2 Å². The van der Waals surface area contributed by atoms with Gasteiger partial charge in [-0.05, 0) is 49.9 Å². The molecular formula is C21H22N2O2S. The summed E-state index contributed by atoms with van der Waals surface area (Å²) in [5.41, 5.74) is 3.48. The van der Waals surface area contributed by atoms with Gasteiger partial charge in [0.1, 0.15) is 5.52 Å². The highest BCUT2D eigenvalue weighted by atomic mass is 32.2. The van der Waals surface area contributed by atoms with Gasteiger partial charge in [-0.2, -0.15) is 0 Å². The molecule has 1 atom stereocenters. The Balaban J connectivity index is 1.52. The minimum absolute atomic E-state index is 0.144. The van der Waals surface area contributed by atoms with Crippen molar-refractivity contribution in [2.24, 2.45) is 0 Å². The molecule has 3 aromatic rings. The summed E-state index contributed by atoms with van der Waals surface area (Å²) >= 11 is 1.53. The van der Waals surface area contributed by atoms with Crippen LogP contribution in [0.4, 0.5) is 0 Å². The lowest BCUT2D eigenvalue weighted by Gasteiger charge is -2.34. The first-order valence-corrected chi connectivity index (χ1v) is 10.1. The Morgan fingerprint density at radius 2 is 2.00 bits per heavy atom. The van der Waals surface area contributed by atoms with E-state index in [2.05, 4.69) is 11.9 Å². The maximum atomic E-state index is 13.1. The number of aromatic nitrogens is 1. The number of hydrogen-bond donors (Lipinski definition) is 0. The van der Waals surface area contributed by atoms with Crippen molar-refractivity contribution >= 4 is 28.8 Å². The van der Waals surface area contributed by atoms with Crippen LogP contribution in [0.1, 0.15) is 42.1 Å².